The van der Waals surface area contributed by atoms with E-state index in [2.05, 4.69) is 15.1 Å². The minimum Gasteiger partial charge on any atom is -0.480 e. The van der Waals surface area contributed by atoms with Gasteiger partial charge >= 0.3 is 0 Å². The van der Waals surface area contributed by atoms with Crippen LogP contribution in [-0.2, 0) is 4.74 Å². The number of aliphatic hydroxyl groups is 3. The molecule has 0 radical (unpaired) electrons. The van der Waals surface area contributed by atoms with Crippen molar-refractivity contribution in [3.63, 3.8) is 0 Å². The number of fused-ring (bicyclic) bond motifs is 1. The average Bonchev–Trinajstić information content (AvgIpc) is 2.98. The lowest BCUT2D eigenvalue weighted by atomic mass is 10.1. The van der Waals surface area contributed by atoms with Gasteiger partial charge in [0.25, 0.3) is 0 Å². The van der Waals surface area contributed by atoms with Gasteiger partial charge in [-0.3, -0.25) is 0 Å². The number of methoxy groups -OCH3 is 1. The number of rotatable bonds is 3. The smallest absolute Gasteiger partial charge is 0.228 e. The van der Waals surface area contributed by atoms with Gasteiger partial charge in [-0.05, 0) is 22.6 Å². The monoisotopic (exact) mass is 408 g/mol. The van der Waals surface area contributed by atoms with Crippen molar-refractivity contribution in [2.45, 2.75) is 24.5 Å². The van der Waals surface area contributed by atoms with E-state index < -0.39 is 31.1 Å². The van der Waals surface area contributed by atoms with E-state index in [4.69, 9.17) is 14.6 Å². The summed E-state index contributed by atoms with van der Waals surface area (Å²) in [5.41, 5.74) is 0.418. The van der Waals surface area contributed by atoms with Crippen LogP contribution in [0.25, 0.3) is 11.0 Å². The number of hydrogen-bond donors (Lipinski definition) is 3. The molecule has 0 aromatic carbocycles. The number of nitrogens with zero attached hydrogens (tertiary/aromatic N) is 4. The van der Waals surface area contributed by atoms with Crippen LogP contribution in [0.1, 0.15) is 6.23 Å². The summed E-state index contributed by atoms with van der Waals surface area (Å²) >= 11 is 2.00. The number of hydrogen-bond acceptors (Lipinski definition) is 8. The Morgan fingerprint density at radius 3 is 2.76 bits per heavy atom. The van der Waals surface area contributed by atoms with Gasteiger partial charge in [-0.1, -0.05) is 0 Å². The van der Waals surface area contributed by atoms with Gasteiger partial charge in [-0.2, -0.15) is 5.10 Å². The normalized spacial score (nSPS) is 29.2. The van der Waals surface area contributed by atoms with Crippen LogP contribution in [0.4, 0.5) is 0 Å². The van der Waals surface area contributed by atoms with Gasteiger partial charge in [0.05, 0.1) is 13.7 Å². The SMILES string of the molecule is COc1ncnc2c1c(I)nn2[C@@H]1O[C@H](CO)[C@@H](O)[C@H]1O. The summed E-state index contributed by atoms with van der Waals surface area (Å²) in [6.07, 6.45) is -2.91. The molecule has 21 heavy (non-hydrogen) atoms. The lowest BCUT2D eigenvalue weighted by Crippen LogP contribution is -2.33. The molecule has 0 unspecified atom stereocenters. The van der Waals surface area contributed by atoms with Crippen molar-refractivity contribution in [2.24, 2.45) is 0 Å². The molecule has 3 rings (SSSR count). The minimum absolute atomic E-state index is 0.363. The Kier molecular flexibility index (Phi) is 3.96. The van der Waals surface area contributed by atoms with Gasteiger partial charge in [-0.25, -0.2) is 14.6 Å². The Bertz CT molecular complexity index is 665. The number of halogens is 1. The first-order valence-corrected chi connectivity index (χ1v) is 7.21. The molecule has 9 nitrogen and oxygen atoms in total. The van der Waals surface area contributed by atoms with E-state index >= 15 is 0 Å². The Balaban J connectivity index is 2.10. The van der Waals surface area contributed by atoms with Crippen molar-refractivity contribution in [2.75, 3.05) is 13.7 Å². The molecule has 2 aromatic rings. The van der Waals surface area contributed by atoms with Gasteiger partial charge in [0.2, 0.25) is 5.88 Å². The quantitative estimate of drug-likeness (QED) is 0.556. The summed E-state index contributed by atoms with van der Waals surface area (Å²) in [7, 11) is 1.49. The second-order valence-electron chi connectivity index (χ2n) is 4.55. The number of ether oxygens (including phenoxy) is 2. The third-order valence-electron chi connectivity index (χ3n) is 3.36. The van der Waals surface area contributed by atoms with E-state index in [1.165, 1.54) is 18.1 Å². The maximum absolute atomic E-state index is 10.1. The molecule has 0 aliphatic carbocycles. The van der Waals surface area contributed by atoms with Crippen molar-refractivity contribution in [3.8, 4) is 5.88 Å². The molecule has 1 aliphatic rings. The van der Waals surface area contributed by atoms with Crippen LogP contribution in [0.5, 0.6) is 5.88 Å². The summed E-state index contributed by atoms with van der Waals surface area (Å²) < 4.78 is 12.6. The lowest BCUT2D eigenvalue weighted by molar-refractivity contribution is -0.0568. The van der Waals surface area contributed by atoms with E-state index in [0.717, 1.165) is 0 Å². The summed E-state index contributed by atoms with van der Waals surface area (Å²) in [5, 5.41) is 33.9. The van der Waals surface area contributed by atoms with Crippen molar-refractivity contribution in [1.82, 2.24) is 19.7 Å². The lowest BCUT2D eigenvalue weighted by Gasteiger charge is -2.15. The second kappa shape index (κ2) is 5.61. The average molecular weight is 408 g/mol. The third kappa shape index (κ3) is 2.26. The third-order valence-corrected chi connectivity index (χ3v) is 4.12. The van der Waals surface area contributed by atoms with Crippen LogP contribution in [0.15, 0.2) is 6.33 Å². The van der Waals surface area contributed by atoms with Gasteiger partial charge in [0, 0.05) is 0 Å². The Hall–Kier alpha value is -1.08. The molecule has 4 atom stereocenters. The van der Waals surface area contributed by atoms with E-state index in [0.29, 0.717) is 20.6 Å². The summed E-state index contributed by atoms with van der Waals surface area (Å²) in [5.74, 6) is 0.363. The molecule has 0 amide bonds. The van der Waals surface area contributed by atoms with Gasteiger partial charge in [0.15, 0.2) is 11.9 Å². The molecule has 2 aromatic heterocycles. The van der Waals surface area contributed by atoms with Crippen molar-refractivity contribution in [3.05, 3.63) is 10.0 Å². The molecule has 1 fully saturated rings. The summed E-state index contributed by atoms with van der Waals surface area (Å²) in [4.78, 5) is 8.14. The zero-order chi connectivity index (χ0) is 15.1. The summed E-state index contributed by atoms with van der Waals surface area (Å²) in [6, 6.07) is 0. The Morgan fingerprint density at radius 1 is 1.38 bits per heavy atom. The summed E-state index contributed by atoms with van der Waals surface area (Å²) in [6.45, 7) is -0.399. The van der Waals surface area contributed by atoms with Crippen molar-refractivity contribution >= 4 is 33.6 Å². The van der Waals surface area contributed by atoms with E-state index in [1.54, 1.807) is 0 Å². The van der Waals surface area contributed by atoms with Crippen LogP contribution in [-0.4, -0.2) is 67.1 Å². The van der Waals surface area contributed by atoms with E-state index in [-0.39, 0.29) is 0 Å². The fourth-order valence-electron chi connectivity index (χ4n) is 2.32. The van der Waals surface area contributed by atoms with E-state index in [1.807, 2.05) is 22.6 Å². The molecule has 1 aliphatic heterocycles. The molecule has 10 heteroatoms. The molecule has 114 valence electrons. The molecule has 3 N–H and O–H groups in total. The van der Waals surface area contributed by atoms with Gasteiger partial charge in [0.1, 0.15) is 33.7 Å². The maximum atomic E-state index is 10.1. The molecule has 3 heterocycles. The first kappa shape index (κ1) is 14.8. The van der Waals surface area contributed by atoms with E-state index in [9.17, 15) is 10.2 Å². The Morgan fingerprint density at radius 2 is 2.14 bits per heavy atom. The fourth-order valence-corrected chi connectivity index (χ4v) is 3.03. The molecular formula is C11H13IN4O5. The van der Waals surface area contributed by atoms with Crippen LogP contribution in [0.2, 0.25) is 0 Å². The minimum atomic E-state index is -1.22. The molecule has 0 saturated carbocycles. The first-order chi connectivity index (χ1) is 10.1. The van der Waals surface area contributed by atoms with Crippen LogP contribution in [0.3, 0.4) is 0 Å². The van der Waals surface area contributed by atoms with Crippen LogP contribution >= 0.6 is 22.6 Å². The predicted octanol–water partition coefficient (Wildman–Crippen LogP) is -0.949. The maximum Gasteiger partial charge on any atom is 0.228 e. The molecular weight excluding hydrogens is 395 g/mol. The van der Waals surface area contributed by atoms with Crippen LogP contribution in [0, 0.1) is 3.70 Å². The molecule has 0 bridgehead atoms. The highest BCUT2D eigenvalue weighted by molar-refractivity contribution is 14.1. The van der Waals surface area contributed by atoms with Gasteiger partial charge < -0.3 is 24.8 Å². The predicted molar refractivity (Wildman–Crippen MR) is 77.6 cm³/mol. The molecule has 0 spiro atoms. The highest BCUT2D eigenvalue weighted by Gasteiger charge is 2.44. The number of aliphatic hydroxyl groups excluding tert-OH is 3. The van der Waals surface area contributed by atoms with Gasteiger partial charge in [-0.15, -0.1) is 0 Å². The standard InChI is InChI=1S/C11H13IN4O5/c1-20-10-5-8(12)15-16(9(5)13-3-14-10)11-7(19)6(18)4(2-17)21-11/h3-4,6-7,11,17-19H,2H2,1H3/t4-,6-,7-,11-/m1/s1. The topological polar surface area (TPSA) is 123 Å². The van der Waals surface area contributed by atoms with Crippen LogP contribution < -0.4 is 4.74 Å². The fraction of sp³-hybridized carbons (Fsp3) is 0.545. The highest BCUT2D eigenvalue weighted by Crippen LogP contribution is 2.34. The largest absolute Gasteiger partial charge is 0.480 e. The number of aromatic nitrogens is 4. The zero-order valence-corrected chi connectivity index (χ0v) is 13.1. The molecule has 1 saturated heterocycles. The Labute approximate surface area is 132 Å². The highest BCUT2D eigenvalue weighted by atomic mass is 127. The first-order valence-electron chi connectivity index (χ1n) is 6.13. The van der Waals surface area contributed by atoms with Crippen molar-refractivity contribution < 1.29 is 24.8 Å². The van der Waals surface area contributed by atoms with Crippen molar-refractivity contribution in [1.29, 1.82) is 0 Å². The zero-order valence-electron chi connectivity index (χ0n) is 10.9. The second-order valence-corrected chi connectivity index (χ2v) is 5.57.